The third-order valence-electron chi connectivity index (χ3n) is 4.42. The number of hydrogen-bond acceptors (Lipinski definition) is 2. The van der Waals surface area contributed by atoms with Crippen LogP contribution in [-0.4, -0.2) is 0 Å². The second-order valence-corrected chi connectivity index (χ2v) is 5.70. The maximum atomic E-state index is 6.70. The van der Waals surface area contributed by atoms with E-state index < -0.39 is 0 Å². The van der Waals surface area contributed by atoms with Crippen LogP contribution in [-0.2, 0) is 18.4 Å². The number of aryl methyl sites for hydroxylation is 1. The van der Waals surface area contributed by atoms with Gasteiger partial charge in [-0.05, 0) is 24.5 Å². The van der Waals surface area contributed by atoms with Gasteiger partial charge in [-0.1, -0.05) is 48.5 Å². The minimum atomic E-state index is -0.277. The van der Waals surface area contributed by atoms with Crippen molar-refractivity contribution in [2.45, 2.75) is 24.8 Å². The molecule has 1 aliphatic rings. The highest BCUT2D eigenvalue weighted by atomic mass is 16.3. The topological polar surface area (TPSA) is 39.2 Å². The Hall–Kier alpha value is -2.06. The van der Waals surface area contributed by atoms with E-state index in [1.54, 1.807) is 0 Å². The van der Waals surface area contributed by atoms with Gasteiger partial charge in [-0.15, -0.1) is 0 Å². The Morgan fingerprint density at radius 1 is 0.950 bits per heavy atom. The van der Waals surface area contributed by atoms with E-state index in [9.17, 15) is 0 Å². The number of fused-ring (bicyclic) bond motifs is 3. The molecule has 1 atom stereocenters. The molecular weight excluding hydrogens is 246 g/mol. The van der Waals surface area contributed by atoms with Crippen LogP contribution in [0.15, 0.2) is 59.0 Å². The molecule has 0 fully saturated rings. The van der Waals surface area contributed by atoms with Gasteiger partial charge in [0.1, 0.15) is 11.3 Å². The zero-order chi connectivity index (χ0) is 13.6. The summed E-state index contributed by atoms with van der Waals surface area (Å²) in [5.41, 5.74) is 9.92. The average molecular weight is 263 g/mol. The smallest absolute Gasteiger partial charge is 0.134 e. The van der Waals surface area contributed by atoms with Crippen LogP contribution in [0.5, 0.6) is 0 Å². The second kappa shape index (κ2) is 4.22. The molecule has 2 aromatic carbocycles. The lowest BCUT2D eigenvalue weighted by Gasteiger charge is -2.33. The van der Waals surface area contributed by atoms with Crippen LogP contribution in [0.2, 0.25) is 0 Å². The van der Waals surface area contributed by atoms with Crippen LogP contribution in [0.1, 0.15) is 23.3 Å². The van der Waals surface area contributed by atoms with Gasteiger partial charge in [0.15, 0.2) is 0 Å². The quantitative estimate of drug-likeness (QED) is 0.725. The first kappa shape index (κ1) is 11.7. The molecule has 100 valence electrons. The fraction of sp³-hybridized carbons (Fsp3) is 0.222. The van der Waals surface area contributed by atoms with Crippen LogP contribution in [0.3, 0.4) is 0 Å². The molecule has 1 aliphatic carbocycles. The van der Waals surface area contributed by atoms with Gasteiger partial charge in [0.25, 0.3) is 0 Å². The molecule has 0 bridgehead atoms. The molecule has 3 aromatic rings. The fourth-order valence-electron chi connectivity index (χ4n) is 3.30. The lowest BCUT2D eigenvalue weighted by molar-refractivity contribution is 0.358. The van der Waals surface area contributed by atoms with E-state index in [1.165, 1.54) is 16.5 Å². The van der Waals surface area contributed by atoms with Crippen molar-refractivity contribution in [3.63, 3.8) is 0 Å². The first-order valence-electron chi connectivity index (χ1n) is 7.10. The van der Waals surface area contributed by atoms with Crippen molar-refractivity contribution in [2.24, 2.45) is 5.73 Å². The summed E-state index contributed by atoms with van der Waals surface area (Å²) >= 11 is 0. The van der Waals surface area contributed by atoms with Gasteiger partial charge in [-0.25, -0.2) is 0 Å². The van der Waals surface area contributed by atoms with Gasteiger partial charge in [-0.3, -0.25) is 0 Å². The maximum Gasteiger partial charge on any atom is 0.134 e. The standard InChI is InChI=1S/C18H17NO/c19-18(13-6-2-1-3-7-13)11-10-17-15(12-18)14-8-4-5-9-16(14)20-17/h1-9H,10-12,19H2. The lowest BCUT2D eigenvalue weighted by Crippen LogP contribution is -2.41. The van der Waals surface area contributed by atoms with Crippen LogP contribution in [0.25, 0.3) is 11.0 Å². The summed E-state index contributed by atoms with van der Waals surface area (Å²) < 4.78 is 5.96. The molecule has 2 N–H and O–H groups in total. The van der Waals surface area contributed by atoms with E-state index >= 15 is 0 Å². The number of furan rings is 1. The first-order chi connectivity index (χ1) is 9.76. The Labute approximate surface area is 118 Å². The number of para-hydroxylation sites is 1. The van der Waals surface area contributed by atoms with Crippen LogP contribution in [0, 0.1) is 0 Å². The lowest BCUT2D eigenvalue weighted by atomic mass is 9.76. The summed E-state index contributed by atoms with van der Waals surface area (Å²) in [7, 11) is 0. The van der Waals surface area contributed by atoms with Gasteiger partial charge < -0.3 is 10.2 Å². The van der Waals surface area contributed by atoms with E-state index in [0.29, 0.717) is 0 Å². The predicted octanol–water partition coefficient (Wildman–Crippen LogP) is 3.78. The molecular formula is C18H17NO. The molecule has 1 aromatic heterocycles. The van der Waals surface area contributed by atoms with Crippen LogP contribution in [0.4, 0.5) is 0 Å². The summed E-state index contributed by atoms with van der Waals surface area (Å²) in [5, 5.41) is 1.22. The van der Waals surface area contributed by atoms with Gasteiger partial charge in [0.05, 0.1) is 0 Å². The molecule has 0 saturated heterocycles. The molecule has 20 heavy (non-hydrogen) atoms. The number of benzene rings is 2. The Morgan fingerprint density at radius 3 is 2.55 bits per heavy atom. The van der Waals surface area contributed by atoms with Crippen molar-refractivity contribution in [1.82, 2.24) is 0 Å². The van der Waals surface area contributed by atoms with Crippen molar-refractivity contribution >= 4 is 11.0 Å². The summed E-state index contributed by atoms with van der Waals surface area (Å²) in [6.07, 6.45) is 2.70. The third-order valence-corrected chi connectivity index (χ3v) is 4.42. The average Bonchev–Trinajstić information content (AvgIpc) is 2.86. The van der Waals surface area contributed by atoms with Crippen molar-refractivity contribution in [1.29, 1.82) is 0 Å². The van der Waals surface area contributed by atoms with Crippen LogP contribution >= 0.6 is 0 Å². The molecule has 1 unspecified atom stereocenters. The summed E-state index contributed by atoms with van der Waals surface area (Å²) in [6, 6.07) is 18.7. The van der Waals surface area contributed by atoms with Gasteiger partial charge in [0.2, 0.25) is 0 Å². The van der Waals surface area contributed by atoms with Gasteiger partial charge >= 0.3 is 0 Å². The number of rotatable bonds is 1. The van der Waals surface area contributed by atoms with E-state index in [0.717, 1.165) is 30.6 Å². The summed E-state index contributed by atoms with van der Waals surface area (Å²) in [5.74, 6) is 1.11. The second-order valence-electron chi connectivity index (χ2n) is 5.70. The van der Waals surface area contributed by atoms with Crippen molar-refractivity contribution in [3.8, 4) is 0 Å². The maximum absolute atomic E-state index is 6.70. The van der Waals surface area contributed by atoms with E-state index in [-0.39, 0.29) is 5.54 Å². The monoisotopic (exact) mass is 263 g/mol. The normalized spacial score (nSPS) is 21.9. The van der Waals surface area contributed by atoms with Gasteiger partial charge in [-0.2, -0.15) is 0 Å². The van der Waals surface area contributed by atoms with E-state index in [2.05, 4.69) is 36.4 Å². The zero-order valence-electron chi connectivity index (χ0n) is 11.3. The van der Waals surface area contributed by atoms with Crippen molar-refractivity contribution < 1.29 is 4.42 Å². The molecule has 0 amide bonds. The number of nitrogens with two attached hydrogens (primary N) is 1. The SMILES string of the molecule is NC1(c2ccccc2)CCc2oc3ccccc3c2C1. The summed E-state index contributed by atoms with van der Waals surface area (Å²) in [4.78, 5) is 0. The van der Waals surface area contributed by atoms with E-state index in [1.807, 2.05) is 18.2 Å². The molecule has 0 saturated carbocycles. The predicted molar refractivity (Wildman–Crippen MR) is 80.5 cm³/mol. The summed E-state index contributed by atoms with van der Waals surface area (Å²) in [6.45, 7) is 0. The van der Waals surface area contributed by atoms with Crippen molar-refractivity contribution in [3.05, 3.63) is 71.5 Å². The molecule has 4 rings (SSSR count). The highest BCUT2D eigenvalue weighted by Gasteiger charge is 2.34. The van der Waals surface area contributed by atoms with Crippen molar-refractivity contribution in [2.75, 3.05) is 0 Å². The van der Waals surface area contributed by atoms with E-state index in [4.69, 9.17) is 10.2 Å². The molecule has 0 aliphatic heterocycles. The number of hydrogen-bond donors (Lipinski definition) is 1. The highest BCUT2D eigenvalue weighted by molar-refractivity contribution is 5.82. The minimum absolute atomic E-state index is 0.277. The zero-order valence-corrected chi connectivity index (χ0v) is 11.3. The van der Waals surface area contributed by atoms with Crippen LogP contribution < -0.4 is 5.73 Å². The molecule has 1 heterocycles. The minimum Gasteiger partial charge on any atom is -0.461 e. The largest absolute Gasteiger partial charge is 0.461 e. The first-order valence-corrected chi connectivity index (χ1v) is 7.10. The fourth-order valence-corrected chi connectivity index (χ4v) is 3.30. The highest BCUT2D eigenvalue weighted by Crippen LogP contribution is 2.39. The Kier molecular flexibility index (Phi) is 2.48. The molecule has 2 heteroatoms. The Balaban J connectivity index is 1.83. The third kappa shape index (κ3) is 1.69. The van der Waals surface area contributed by atoms with Gasteiger partial charge in [0, 0.05) is 22.9 Å². The Morgan fingerprint density at radius 2 is 1.70 bits per heavy atom. The molecule has 2 nitrogen and oxygen atoms in total. The Bertz CT molecular complexity index is 759. The molecule has 0 radical (unpaired) electrons. The molecule has 0 spiro atoms.